The summed E-state index contributed by atoms with van der Waals surface area (Å²) in [6.45, 7) is 6.69. The zero-order valence-electron chi connectivity index (χ0n) is 37.4. The van der Waals surface area contributed by atoms with Crippen LogP contribution in [0.2, 0.25) is 0 Å². The minimum atomic E-state index is -0.552. The van der Waals surface area contributed by atoms with Crippen molar-refractivity contribution in [3.63, 3.8) is 0 Å². The minimum Gasteiger partial charge on any atom is -0.493 e. The number of rotatable bonds is 39. The quantitative estimate of drug-likeness (QED) is 0.0373. The van der Waals surface area contributed by atoms with Gasteiger partial charge in [-0.3, -0.25) is 9.69 Å². The number of carbonyl (C=O) groups is 1. The summed E-state index contributed by atoms with van der Waals surface area (Å²) < 4.78 is 30.1. The maximum absolute atomic E-state index is 12.0. The molecule has 328 valence electrons. The third kappa shape index (κ3) is 29.5. The number of unbranched alkanes of at least 4 members (excludes halogenated alkanes) is 24. The van der Waals surface area contributed by atoms with E-state index in [9.17, 15) is 4.79 Å². The lowest BCUT2D eigenvalue weighted by Gasteiger charge is -2.16. The van der Waals surface area contributed by atoms with E-state index in [1.165, 1.54) is 167 Å². The van der Waals surface area contributed by atoms with Crippen LogP contribution in [-0.4, -0.2) is 64.0 Å². The summed E-state index contributed by atoms with van der Waals surface area (Å²) in [6, 6.07) is 6.00. The SMILES string of the molecule is CCCCCCCC/C=C\CCCCCCCCOc1cc(OCCCCCCCC/C=C\CCCCCCCC)cc(C2OCC(COC(=O)CN(C)C)O2)c1. The maximum atomic E-state index is 12.0. The molecule has 2 atom stereocenters. The third-order valence-corrected chi connectivity index (χ3v) is 10.6. The Hall–Kier alpha value is -2.35. The molecule has 2 unspecified atom stereocenters. The Balaban J connectivity index is 1.67. The molecule has 0 aliphatic carbocycles. The second kappa shape index (κ2) is 36.7. The first kappa shape index (κ1) is 50.8. The fourth-order valence-electron chi connectivity index (χ4n) is 7.18. The zero-order valence-corrected chi connectivity index (χ0v) is 37.4. The van der Waals surface area contributed by atoms with Gasteiger partial charge in [-0.25, -0.2) is 0 Å². The summed E-state index contributed by atoms with van der Waals surface area (Å²) in [4.78, 5) is 13.8. The first-order chi connectivity index (χ1) is 28.0. The summed E-state index contributed by atoms with van der Waals surface area (Å²) in [5.41, 5.74) is 0.867. The van der Waals surface area contributed by atoms with E-state index in [1.807, 2.05) is 32.3 Å². The summed E-state index contributed by atoms with van der Waals surface area (Å²) in [6.07, 6.45) is 44.8. The Bertz CT molecular complexity index is 1070. The van der Waals surface area contributed by atoms with Crippen molar-refractivity contribution in [3.8, 4) is 11.5 Å². The predicted molar refractivity (Wildman–Crippen MR) is 239 cm³/mol. The van der Waals surface area contributed by atoms with Crippen molar-refractivity contribution in [1.29, 1.82) is 0 Å². The molecule has 0 spiro atoms. The molecule has 1 aliphatic heterocycles. The van der Waals surface area contributed by atoms with Gasteiger partial charge in [0.1, 0.15) is 24.2 Å². The van der Waals surface area contributed by atoms with Crippen LogP contribution in [0.5, 0.6) is 11.5 Å². The lowest BCUT2D eigenvalue weighted by Crippen LogP contribution is -2.27. The van der Waals surface area contributed by atoms with Crippen LogP contribution in [0.4, 0.5) is 0 Å². The lowest BCUT2D eigenvalue weighted by atomic mass is 10.1. The summed E-state index contributed by atoms with van der Waals surface area (Å²) >= 11 is 0. The molecule has 1 aromatic rings. The summed E-state index contributed by atoms with van der Waals surface area (Å²) in [5.74, 6) is 1.30. The second-order valence-electron chi connectivity index (χ2n) is 16.7. The molecule has 0 amide bonds. The normalized spacial score (nSPS) is 15.7. The number of hydrogen-bond acceptors (Lipinski definition) is 7. The average Bonchev–Trinajstić information content (AvgIpc) is 3.68. The van der Waals surface area contributed by atoms with Crippen LogP contribution in [0.1, 0.15) is 205 Å². The Morgan fingerprint density at radius 1 is 0.596 bits per heavy atom. The summed E-state index contributed by atoms with van der Waals surface area (Å²) in [5, 5.41) is 0. The van der Waals surface area contributed by atoms with Gasteiger partial charge in [-0.2, -0.15) is 0 Å². The molecule has 0 radical (unpaired) electrons. The average molecular weight is 798 g/mol. The van der Waals surface area contributed by atoms with Gasteiger partial charge in [0, 0.05) is 11.6 Å². The number of nitrogens with zero attached hydrogens (tertiary/aromatic N) is 1. The first-order valence-corrected chi connectivity index (χ1v) is 23.8. The predicted octanol–water partition coefficient (Wildman–Crippen LogP) is 14.0. The zero-order chi connectivity index (χ0) is 40.9. The Labute approximate surface area is 351 Å². The third-order valence-electron chi connectivity index (χ3n) is 10.6. The fourth-order valence-corrected chi connectivity index (χ4v) is 7.18. The number of benzene rings is 1. The maximum Gasteiger partial charge on any atom is 0.320 e. The van der Waals surface area contributed by atoms with E-state index < -0.39 is 6.29 Å². The smallest absolute Gasteiger partial charge is 0.320 e. The number of ether oxygens (including phenoxy) is 5. The monoisotopic (exact) mass is 798 g/mol. The van der Waals surface area contributed by atoms with Crippen molar-refractivity contribution < 1.29 is 28.5 Å². The van der Waals surface area contributed by atoms with E-state index in [2.05, 4.69) is 38.2 Å². The Morgan fingerprint density at radius 3 is 1.42 bits per heavy atom. The molecule has 0 N–H and O–H groups in total. The van der Waals surface area contributed by atoms with Gasteiger partial charge in [0.2, 0.25) is 0 Å². The van der Waals surface area contributed by atoms with Gasteiger partial charge in [-0.1, -0.05) is 154 Å². The van der Waals surface area contributed by atoms with Crippen LogP contribution in [0.3, 0.4) is 0 Å². The first-order valence-electron chi connectivity index (χ1n) is 23.8. The second-order valence-corrected chi connectivity index (χ2v) is 16.7. The molecule has 2 rings (SSSR count). The number of hydrogen-bond donors (Lipinski definition) is 0. The van der Waals surface area contributed by atoms with Crippen LogP contribution >= 0.6 is 0 Å². The van der Waals surface area contributed by atoms with Crippen molar-refractivity contribution in [1.82, 2.24) is 4.90 Å². The number of allylic oxidation sites excluding steroid dienone is 4. The molecular weight excluding hydrogens is 711 g/mol. The van der Waals surface area contributed by atoms with E-state index in [0.717, 1.165) is 29.9 Å². The summed E-state index contributed by atoms with van der Waals surface area (Å²) in [7, 11) is 3.69. The Morgan fingerprint density at radius 2 is 1.00 bits per heavy atom. The highest BCUT2D eigenvalue weighted by Gasteiger charge is 2.29. The molecule has 0 aromatic heterocycles. The molecule has 57 heavy (non-hydrogen) atoms. The van der Waals surface area contributed by atoms with Crippen LogP contribution < -0.4 is 9.47 Å². The molecule has 1 heterocycles. The van der Waals surface area contributed by atoms with Crippen molar-refractivity contribution in [2.75, 3.05) is 47.1 Å². The minimum absolute atomic E-state index is 0.175. The fraction of sp³-hybridized carbons (Fsp3) is 0.780. The number of likely N-dealkylation sites (N-methyl/N-ethyl adjacent to an activating group) is 1. The highest BCUT2D eigenvalue weighted by molar-refractivity contribution is 5.71. The topological polar surface area (TPSA) is 66.5 Å². The Kier molecular flexibility index (Phi) is 32.7. The molecule has 1 aliphatic rings. The molecule has 1 fully saturated rings. The largest absolute Gasteiger partial charge is 0.493 e. The highest BCUT2D eigenvalue weighted by atomic mass is 16.7. The van der Waals surface area contributed by atoms with Gasteiger partial charge in [0.05, 0.1) is 26.4 Å². The van der Waals surface area contributed by atoms with Crippen LogP contribution in [0.15, 0.2) is 42.5 Å². The van der Waals surface area contributed by atoms with Gasteiger partial charge in [-0.05, 0) is 90.4 Å². The van der Waals surface area contributed by atoms with Crippen LogP contribution in [-0.2, 0) is 19.0 Å². The number of esters is 1. The molecule has 7 heteroatoms. The molecule has 0 saturated carbocycles. The lowest BCUT2D eigenvalue weighted by molar-refractivity contribution is -0.148. The van der Waals surface area contributed by atoms with Crippen molar-refractivity contribution in [2.45, 2.75) is 206 Å². The highest BCUT2D eigenvalue weighted by Crippen LogP contribution is 2.33. The standard InChI is InChI=1S/C50H87NO6/c1-5-7-9-11-13-15-17-19-21-23-25-27-29-31-33-35-37-53-46-39-45(50-56-44-48(57-50)43-55-49(52)42-51(3)4)40-47(41-46)54-38-36-34-32-30-28-26-24-22-20-18-16-14-12-10-8-6-2/h19-22,39-41,48,50H,5-18,23-38,42-44H2,1-4H3/b21-19-,22-20-. The van der Waals surface area contributed by atoms with E-state index in [-0.39, 0.29) is 25.2 Å². The van der Waals surface area contributed by atoms with E-state index in [4.69, 9.17) is 23.7 Å². The van der Waals surface area contributed by atoms with Crippen molar-refractivity contribution in [3.05, 3.63) is 48.1 Å². The molecule has 1 saturated heterocycles. The van der Waals surface area contributed by atoms with Gasteiger partial charge < -0.3 is 23.7 Å². The van der Waals surface area contributed by atoms with Crippen molar-refractivity contribution >= 4 is 5.97 Å². The van der Waals surface area contributed by atoms with Crippen LogP contribution in [0, 0.1) is 0 Å². The van der Waals surface area contributed by atoms with Crippen molar-refractivity contribution in [2.24, 2.45) is 0 Å². The van der Waals surface area contributed by atoms with Crippen LogP contribution in [0.25, 0.3) is 0 Å². The molecule has 7 nitrogen and oxygen atoms in total. The molecule has 0 bridgehead atoms. The van der Waals surface area contributed by atoms with Gasteiger partial charge >= 0.3 is 5.97 Å². The van der Waals surface area contributed by atoms with Gasteiger partial charge in [0.25, 0.3) is 0 Å². The van der Waals surface area contributed by atoms with E-state index in [0.29, 0.717) is 19.8 Å². The van der Waals surface area contributed by atoms with Gasteiger partial charge in [0.15, 0.2) is 6.29 Å². The molecule has 1 aromatic carbocycles. The number of carbonyl (C=O) groups excluding carboxylic acids is 1. The van der Waals surface area contributed by atoms with E-state index >= 15 is 0 Å². The van der Waals surface area contributed by atoms with E-state index in [1.54, 1.807) is 4.90 Å². The van der Waals surface area contributed by atoms with Gasteiger partial charge in [-0.15, -0.1) is 0 Å². The molecular formula is C50H87NO6.